The van der Waals surface area contributed by atoms with E-state index in [-0.39, 0.29) is 5.92 Å². The summed E-state index contributed by atoms with van der Waals surface area (Å²) in [6.07, 6.45) is 0. The number of nitrogen functional groups attached to an aromatic ring is 1. The number of hydrogen-bond donors (Lipinski definition) is 2. The van der Waals surface area contributed by atoms with E-state index in [4.69, 9.17) is 5.73 Å². The molecule has 2 nitrogen and oxygen atoms in total. The molecule has 1 unspecified atom stereocenters. The summed E-state index contributed by atoms with van der Waals surface area (Å²) in [4.78, 5) is 0. The number of hydrogen-bond acceptors (Lipinski definition) is 2. The lowest BCUT2D eigenvalue weighted by Crippen LogP contribution is -2.08. The highest BCUT2D eigenvalue weighted by molar-refractivity contribution is 5.62. The summed E-state index contributed by atoms with van der Waals surface area (Å²) in [5.74, 6) is 0.205. The summed E-state index contributed by atoms with van der Waals surface area (Å²) >= 11 is 0. The fourth-order valence-electron chi connectivity index (χ4n) is 3.15. The topological polar surface area (TPSA) is 46.2 Å². The lowest BCUT2D eigenvalue weighted by molar-refractivity contribution is 0.467. The van der Waals surface area contributed by atoms with Crippen LogP contribution in [0.25, 0.3) is 0 Å². The van der Waals surface area contributed by atoms with E-state index in [9.17, 15) is 5.11 Å². The van der Waals surface area contributed by atoms with Crippen LogP contribution in [0.15, 0.2) is 66.7 Å². The number of phenolic OH excluding ortho intramolecular Hbond substituents is 1. The fraction of sp³-hybridized carbons (Fsp3) is 0.143. The van der Waals surface area contributed by atoms with E-state index in [0.717, 1.165) is 27.9 Å². The molecule has 0 spiro atoms. The summed E-state index contributed by atoms with van der Waals surface area (Å²) in [6, 6.07) is 21.9. The zero-order valence-corrected chi connectivity index (χ0v) is 13.5. The number of para-hydroxylation sites is 1. The maximum absolute atomic E-state index is 10.4. The van der Waals surface area contributed by atoms with Crippen LogP contribution in [0.2, 0.25) is 0 Å². The maximum atomic E-state index is 10.4. The molecule has 0 saturated heterocycles. The Labute approximate surface area is 137 Å². The molecule has 0 amide bonds. The van der Waals surface area contributed by atoms with Crippen molar-refractivity contribution < 1.29 is 5.11 Å². The molecule has 3 rings (SSSR count). The Hall–Kier alpha value is -2.74. The number of rotatable bonds is 3. The van der Waals surface area contributed by atoms with Crippen LogP contribution in [0, 0.1) is 13.8 Å². The van der Waals surface area contributed by atoms with Gasteiger partial charge in [-0.15, -0.1) is 0 Å². The number of aromatic hydroxyl groups is 1. The minimum atomic E-state index is -0.0870. The summed E-state index contributed by atoms with van der Waals surface area (Å²) in [6.45, 7) is 4.10. The highest BCUT2D eigenvalue weighted by atomic mass is 16.3. The highest BCUT2D eigenvalue weighted by Gasteiger charge is 2.22. The van der Waals surface area contributed by atoms with Crippen molar-refractivity contribution in [1.29, 1.82) is 0 Å². The second-order valence-corrected chi connectivity index (χ2v) is 5.99. The van der Waals surface area contributed by atoms with Crippen molar-refractivity contribution in [2.45, 2.75) is 19.8 Å². The Morgan fingerprint density at radius 1 is 0.826 bits per heavy atom. The molecule has 3 aromatic carbocycles. The molecular weight excluding hydrogens is 282 g/mol. The molecule has 2 heteroatoms. The zero-order chi connectivity index (χ0) is 16.4. The molecule has 0 heterocycles. The first-order valence-electron chi connectivity index (χ1n) is 7.77. The van der Waals surface area contributed by atoms with E-state index in [0.29, 0.717) is 5.75 Å². The molecule has 116 valence electrons. The van der Waals surface area contributed by atoms with Gasteiger partial charge in [-0.25, -0.2) is 0 Å². The Morgan fingerprint density at radius 2 is 1.48 bits per heavy atom. The van der Waals surface area contributed by atoms with Gasteiger partial charge in [0.15, 0.2) is 0 Å². The zero-order valence-electron chi connectivity index (χ0n) is 13.5. The molecule has 0 saturated carbocycles. The number of phenols is 1. The van der Waals surface area contributed by atoms with Crippen molar-refractivity contribution in [3.63, 3.8) is 0 Å². The van der Waals surface area contributed by atoms with E-state index in [1.807, 2.05) is 43.3 Å². The van der Waals surface area contributed by atoms with E-state index in [2.05, 4.69) is 31.2 Å². The molecule has 1 atom stereocenters. The van der Waals surface area contributed by atoms with Crippen LogP contribution in [0.1, 0.15) is 33.7 Å². The Kier molecular flexibility index (Phi) is 4.07. The molecule has 23 heavy (non-hydrogen) atoms. The SMILES string of the molecule is Cc1cc(C)c(N)c(C(c2ccccc2)c2ccccc2O)c1. The van der Waals surface area contributed by atoms with Gasteiger partial charge in [0.1, 0.15) is 5.75 Å². The van der Waals surface area contributed by atoms with Gasteiger partial charge in [-0.05, 0) is 36.6 Å². The molecule has 0 radical (unpaired) electrons. The Balaban J connectivity index is 2.28. The van der Waals surface area contributed by atoms with E-state index in [1.165, 1.54) is 5.56 Å². The van der Waals surface area contributed by atoms with Crippen LogP contribution in [0.3, 0.4) is 0 Å². The summed E-state index contributed by atoms with van der Waals surface area (Å²) < 4.78 is 0. The van der Waals surface area contributed by atoms with Crippen LogP contribution >= 0.6 is 0 Å². The average molecular weight is 303 g/mol. The smallest absolute Gasteiger partial charge is 0.119 e. The molecule has 0 bridgehead atoms. The van der Waals surface area contributed by atoms with Gasteiger partial charge in [0.25, 0.3) is 0 Å². The highest BCUT2D eigenvalue weighted by Crippen LogP contribution is 2.40. The first-order valence-corrected chi connectivity index (χ1v) is 7.77. The van der Waals surface area contributed by atoms with Crippen LogP contribution in [0.4, 0.5) is 5.69 Å². The molecule has 3 aromatic rings. The lowest BCUT2D eigenvalue weighted by Gasteiger charge is -2.23. The lowest BCUT2D eigenvalue weighted by atomic mass is 9.82. The van der Waals surface area contributed by atoms with Gasteiger partial charge in [0.05, 0.1) is 0 Å². The summed E-state index contributed by atoms with van der Waals surface area (Å²) in [5.41, 5.74) is 12.4. The van der Waals surface area contributed by atoms with Crippen molar-refractivity contribution in [2.24, 2.45) is 0 Å². The van der Waals surface area contributed by atoms with Crippen molar-refractivity contribution in [1.82, 2.24) is 0 Å². The number of benzene rings is 3. The molecule has 0 fully saturated rings. The monoisotopic (exact) mass is 303 g/mol. The van der Waals surface area contributed by atoms with Crippen molar-refractivity contribution in [3.8, 4) is 5.75 Å². The van der Waals surface area contributed by atoms with Crippen molar-refractivity contribution >= 4 is 5.69 Å². The molecule has 0 aromatic heterocycles. The minimum Gasteiger partial charge on any atom is -0.508 e. The van der Waals surface area contributed by atoms with Gasteiger partial charge in [-0.2, -0.15) is 0 Å². The third-order valence-electron chi connectivity index (χ3n) is 4.25. The first kappa shape index (κ1) is 15.2. The van der Waals surface area contributed by atoms with Gasteiger partial charge in [0.2, 0.25) is 0 Å². The first-order chi connectivity index (χ1) is 11.1. The largest absolute Gasteiger partial charge is 0.508 e. The second kappa shape index (κ2) is 6.17. The predicted octanol–water partition coefficient (Wildman–Crippen LogP) is 4.77. The van der Waals surface area contributed by atoms with E-state index in [1.54, 1.807) is 6.07 Å². The number of nitrogens with two attached hydrogens (primary N) is 1. The van der Waals surface area contributed by atoms with Crippen LogP contribution in [0.5, 0.6) is 5.75 Å². The second-order valence-electron chi connectivity index (χ2n) is 5.99. The van der Waals surface area contributed by atoms with Gasteiger partial charge in [-0.1, -0.05) is 66.2 Å². The Bertz CT molecular complexity index is 825. The van der Waals surface area contributed by atoms with Crippen LogP contribution < -0.4 is 5.73 Å². The fourth-order valence-corrected chi connectivity index (χ4v) is 3.15. The third kappa shape index (κ3) is 2.93. The molecule has 0 aliphatic heterocycles. The standard InChI is InChI=1S/C21H21NO/c1-14-12-15(2)21(22)18(13-14)20(16-8-4-3-5-9-16)17-10-6-7-11-19(17)23/h3-13,20,23H,22H2,1-2H3. The van der Waals surface area contributed by atoms with Crippen molar-refractivity contribution in [3.05, 3.63) is 94.5 Å². The van der Waals surface area contributed by atoms with E-state index >= 15 is 0 Å². The summed E-state index contributed by atoms with van der Waals surface area (Å²) in [7, 11) is 0. The van der Waals surface area contributed by atoms with Crippen LogP contribution in [-0.2, 0) is 0 Å². The number of aryl methyl sites for hydroxylation is 2. The minimum absolute atomic E-state index is 0.0870. The average Bonchev–Trinajstić information content (AvgIpc) is 2.55. The normalized spacial score (nSPS) is 12.1. The maximum Gasteiger partial charge on any atom is 0.119 e. The van der Waals surface area contributed by atoms with Crippen molar-refractivity contribution in [2.75, 3.05) is 5.73 Å². The number of anilines is 1. The molecule has 0 aliphatic rings. The molecular formula is C21H21NO. The summed E-state index contributed by atoms with van der Waals surface area (Å²) in [5, 5.41) is 10.4. The van der Waals surface area contributed by atoms with Crippen LogP contribution in [-0.4, -0.2) is 5.11 Å². The quantitative estimate of drug-likeness (QED) is 0.540. The van der Waals surface area contributed by atoms with Gasteiger partial charge < -0.3 is 10.8 Å². The van der Waals surface area contributed by atoms with Gasteiger partial charge in [0, 0.05) is 17.2 Å². The van der Waals surface area contributed by atoms with E-state index < -0.39 is 0 Å². The van der Waals surface area contributed by atoms with Gasteiger partial charge >= 0.3 is 0 Å². The molecule has 3 N–H and O–H groups in total. The van der Waals surface area contributed by atoms with Gasteiger partial charge in [-0.3, -0.25) is 0 Å². The Morgan fingerprint density at radius 3 is 2.17 bits per heavy atom. The predicted molar refractivity (Wildman–Crippen MR) is 95.8 cm³/mol. The third-order valence-corrected chi connectivity index (χ3v) is 4.25. The molecule has 0 aliphatic carbocycles.